The first-order valence-electron chi connectivity index (χ1n) is 5.95. The fourth-order valence-corrected chi connectivity index (χ4v) is 1.77. The van der Waals surface area contributed by atoms with Gasteiger partial charge in [-0.15, -0.1) is 0 Å². The monoisotopic (exact) mass is 251 g/mol. The second-order valence-electron chi connectivity index (χ2n) is 4.03. The SMILES string of the molecule is CCCOC1=CC2NC(NC(=O)OC)=NC2C=C1. The summed E-state index contributed by atoms with van der Waals surface area (Å²) in [6.45, 7) is 2.76. The standard InChI is InChI=1S/C12H17N3O3/c1-3-6-18-8-4-5-9-10(7-8)14-11(13-9)15-12(16)17-2/h4-5,7,9-10H,3,6H2,1-2H3,(H2,13,14,15,16). The maximum Gasteiger partial charge on any atom is 0.413 e. The summed E-state index contributed by atoms with van der Waals surface area (Å²) in [4.78, 5) is 15.4. The molecule has 0 saturated carbocycles. The number of guanidine groups is 1. The Hall–Kier alpha value is -1.98. The Bertz CT molecular complexity index is 415. The van der Waals surface area contributed by atoms with Gasteiger partial charge in [-0.3, -0.25) is 5.32 Å². The van der Waals surface area contributed by atoms with Crippen molar-refractivity contribution in [3.05, 3.63) is 24.0 Å². The average Bonchev–Trinajstić information content (AvgIpc) is 2.77. The number of nitrogens with zero attached hydrogens (tertiary/aromatic N) is 1. The van der Waals surface area contributed by atoms with Crippen molar-refractivity contribution in [2.75, 3.05) is 13.7 Å². The van der Waals surface area contributed by atoms with Crippen LogP contribution in [0.5, 0.6) is 0 Å². The maximum atomic E-state index is 11.1. The van der Waals surface area contributed by atoms with Crippen molar-refractivity contribution in [1.29, 1.82) is 0 Å². The molecular weight excluding hydrogens is 234 g/mol. The number of carbonyl (C=O) groups excluding carboxylic acids is 1. The van der Waals surface area contributed by atoms with Crippen LogP contribution in [0.3, 0.4) is 0 Å². The van der Waals surface area contributed by atoms with E-state index in [-0.39, 0.29) is 12.1 Å². The summed E-state index contributed by atoms with van der Waals surface area (Å²) in [5.41, 5.74) is 0. The highest BCUT2D eigenvalue weighted by Crippen LogP contribution is 2.18. The van der Waals surface area contributed by atoms with Gasteiger partial charge in [-0.1, -0.05) is 13.0 Å². The first kappa shape index (κ1) is 12.5. The highest BCUT2D eigenvalue weighted by molar-refractivity contribution is 5.95. The largest absolute Gasteiger partial charge is 0.494 e. The Morgan fingerprint density at radius 3 is 3.17 bits per heavy atom. The van der Waals surface area contributed by atoms with E-state index >= 15 is 0 Å². The zero-order valence-electron chi connectivity index (χ0n) is 10.5. The Labute approximate surface area is 106 Å². The van der Waals surface area contributed by atoms with Gasteiger partial charge in [0, 0.05) is 0 Å². The van der Waals surface area contributed by atoms with Crippen LogP contribution in [-0.4, -0.2) is 37.9 Å². The Morgan fingerprint density at radius 2 is 2.44 bits per heavy atom. The normalized spacial score (nSPS) is 24.6. The van der Waals surface area contributed by atoms with E-state index in [1.165, 1.54) is 7.11 Å². The third-order valence-corrected chi connectivity index (χ3v) is 2.63. The Balaban J connectivity index is 1.94. The van der Waals surface area contributed by atoms with E-state index in [0.29, 0.717) is 12.6 Å². The van der Waals surface area contributed by atoms with Gasteiger partial charge in [0.1, 0.15) is 5.76 Å². The second kappa shape index (κ2) is 5.57. The Morgan fingerprint density at radius 1 is 1.61 bits per heavy atom. The van der Waals surface area contributed by atoms with Gasteiger partial charge in [0.2, 0.25) is 5.96 Å². The first-order chi connectivity index (χ1) is 8.72. The molecular formula is C12H17N3O3. The molecule has 0 radical (unpaired) electrons. The van der Waals surface area contributed by atoms with E-state index in [1.54, 1.807) is 0 Å². The van der Waals surface area contributed by atoms with E-state index in [2.05, 4.69) is 27.3 Å². The molecule has 0 aromatic carbocycles. The van der Waals surface area contributed by atoms with Crippen LogP contribution in [0.25, 0.3) is 0 Å². The van der Waals surface area contributed by atoms with Crippen LogP contribution in [0.4, 0.5) is 4.79 Å². The molecule has 0 aromatic heterocycles. The van der Waals surface area contributed by atoms with Crippen molar-refractivity contribution < 1.29 is 14.3 Å². The minimum absolute atomic E-state index is 0.00821. The number of rotatable bonds is 3. The van der Waals surface area contributed by atoms with Crippen LogP contribution in [0.1, 0.15) is 13.3 Å². The molecule has 0 spiro atoms. The Kier molecular flexibility index (Phi) is 3.86. The number of hydrogen-bond acceptors (Lipinski definition) is 5. The number of alkyl carbamates (subject to hydrolysis) is 1. The molecule has 0 fully saturated rings. The molecule has 18 heavy (non-hydrogen) atoms. The average molecular weight is 251 g/mol. The number of carbonyl (C=O) groups is 1. The molecule has 1 amide bonds. The molecule has 2 aliphatic rings. The smallest absolute Gasteiger partial charge is 0.413 e. The van der Waals surface area contributed by atoms with E-state index < -0.39 is 6.09 Å². The molecule has 98 valence electrons. The first-order valence-corrected chi connectivity index (χ1v) is 5.95. The lowest BCUT2D eigenvalue weighted by Crippen LogP contribution is -2.42. The summed E-state index contributed by atoms with van der Waals surface area (Å²) < 4.78 is 10.1. The minimum Gasteiger partial charge on any atom is -0.494 e. The van der Waals surface area contributed by atoms with Gasteiger partial charge in [0.25, 0.3) is 0 Å². The molecule has 0 aromatic rings. The molecule has 1 aliphatic heterocycles. The van der Waals surface area contributed by atoms with E-state index in [1.807, 2.05) is 18.2 Å². The number of aliphatic imine (C=N–C) groups is 1. The van der Waals surface area contributed by atoms with Gasteiger partial charge < -0.3 is 14.8 Å². The van der Waals surface area contributed by atoms with Crippen LogP contribution >= 0.6 is 0 Å². The van der Waals surface area contributed by atoms with E-state index in [9.17, 15) is 4.79 Å². The zero-order valence-corrected chi connectivity index (χ0v) is 10.5. The summed E-state index contributed by atoms with van der Waals surface area (Å²) in [6.07, 6.45) is 6.27. The van der Waals surface area contributed by atoms with Gasteiger partial charge in [0.15, 0.2) is 0 Å². The predicted octanol–water partition coefficient (Wildman–Crippen LogP) is 0.919. The summed E-state index contributed by atoms with van der Waals surface area (Å²) in [7, 11) is 1.31. The number of methoxy groups -OCH3 is 1. The lowest BCUT2D eigenvalue weighted by Gasteiger charge is -2.18. The van der Waals surface area contributed by atoms with Crippen molar-refractivity contribution >= 4 is 12.1 Å². The lowest BCUT2D eigenvalue weighted by atomic mass is 10.0. The molecule has 2 N–H and O–H groups in total. The fraction of sp³-hybridized carbons (Fsp3) is 0.500. The third-order valence-electron chi connectivity index (χ3n) is 2.63. The van der Waals surface area contributed by atoms with Gasteiger partial charge >= 0.3 is 6.09 Å². The van der Waals surface area contributed by atoms with Gasteiger partial charge in [-0.2, -0.15) is 0 Å². The summed E-state index contributed by atoms with van der Waals surface area (Å²) >= 11 is 0. The van der Waals surface area contributed by atoms with Gasteiger partial charge in [-0.05, 0) is 18.6 Å². The summed E-state index contributed by atoms with van der Waals surface area (Å²) in [5, 5.41) is 5.61. The maximum absolute atomic E-state index is 11.1. The molecule has 0 saturated heterocycles. The fourth-order valence-electron chi connectivity index (χ4n) is 1.77. The number of allylic oxidation sites excluding steroid dienone is 1. The molecule has 0 bridgehead atoms. The highest BCUT2D eigenvalue weighted by atomic mass is 16.5. The van der Waals surface area contributed by atoms with Crippen molar-refractivity contribution in [3.8, 4) is 0 Å². The van der Waals surface area contributed by atoms with Crippen molar-refractivity contribution in [1.82, 2.24) is 10.6 Å². The van der Waals surface area contributed by atoms with Gasteiger partial charge in [-0.25, -0.2) is 9.79 Å². The third kappa shape index (κ3) is 2.82. The molecule has 6 nitrogen and oxygen atoms in total. The van der Waals surface area contributed by atoms with Crippen molar-refractivity contribution in [2.45, 2.75) is 25.4 Å². The van der Waals surface area contributed by atoms with Crippen molar-refractivity contribution in [2.24, 2.45) is 4.99 Å². The molecule has 1 aliphatic carbocycles. The number of hydrogen-bond donors (Lipinski definition) is 2. The lowest BCUT2D eigenvalue weighted by molar-refractivity contribution is 0.176. The van der Waals surface area contributed by atoms with Crippen LogP contribution in [0.2, 0.25) is 0 Å². The van der Waals surface area contributed by atoms with Crippen LogP contribution in [-0.2, 0) is 9.47 Å². The second-order valence-corrected chi connectivity index (χ2v) is 4.03. The number of fused-ring (bicyclic) bond motifs is 1. The number of amides is 1. The van der Waals surface area contributed by atoms with Crippen molar-refractivity contribution in [3.63, 3.8) is 0 Å². The van der Waals surface area contributed by atoms with E-state index in [4.69, 9.17) is 4.74 Å². The molecule has 6 heteroatoms. The summed E-state index contributed by atoms with van der Waals surface area (Å²) in [5.74, 6) is 1.26. The van der Waals surface area contributed by atoms with Crippen LogP contribution in [0, 0.1) is 0 Å². The molecule has 2 atom stereocenters. The molecule has 2 unspecified atom stereocenters. The number of nitrogens with one attached hydrogen (secondary N) is 2. The van der Waals surface area contributed by atoms with Crippen LogP contribution in [0.15, 0.2) is 29.0 Å². The molecule has 2 rings (SSSR count). The summed E-state index contributed by atoms with van der Waals surface area (Å²) in [6, 6.07) is 0.0140. The van der Waals surface area contributed by atoms with Gasteiger partial charge in [0.05, 0.1) is 25.8 Å². The predicted molar refractivity (Wildman–Crippen MR) is 67.2 cm³/mol. The minimum atomic E-state index is -0.532. The highest BCUT2D eigenvalue weighted by Gasteiger charge is 2.28. The number of ether oxygens (including phenoxy) is 2. The van der Waals surface area contributed by atoms with E-state index in [0.717, 1.165) is 12.2 Å². The molecule has 1 heterocycles. The topological polar surface area (TPSA) is 72.0 Å². The quantitative estimate of drug-likeness (QED) is 0.782. The zero-order chi connectivity index (χ0) is 13.0. The van der Waals surface area contributed by atoms with Crippen LogP contribution < -0.4 is 10.6 Å².